The van der Waals surface area contributed by atoms with Crippen LogP contribution < -0.4 is 5.73 Å². The summed E-state index contributed by atoms with van der Waals surface area (Å²) < 4.78 is 4.46. The van der Waals surface area contributed by atoms with Gasteiger partial charge in [0.05, 0.1) is 6.26 Å². The molecule has 0 aromatic carbocycles. The molecule has 0 aliphatic rings. The van der Waals surface area contributed by atoms with Crippen LogP contribution in [0.15, 0.2) is 12.3 Å². The van der Waals surface area contributed by atoms with Crippen LogP contribution in [-0.4, -0.2) is 6.09 Å². The molecule has 3 heteroatoms. The van der Waals surface area contributed by atoms with Crippen LogP contribution in [0.2, 0.25) is 0 Å². The van der Waals surface area contributed by atoms with Crippen LogP contribution in [0.25, 0.3) is 0 Å². The molecule has 0 rings (SSSR count). The Morgan fingerprint density at radius 3 is 2.33 bits per heavy atom. The number of allylic oxidation sites excluding steroid dienone is 1. The van der Waals surface area contributed by atoms with Crippen LogP contribution in [0.5, 0.6) is 0 Å². The molecule has 15 heavy (non-hydrogen) atoms. The van der Waals surface area contributed by atoms with E-state index >= 15 is 0 Å². The molecule has 3 nitrogen and oxygen atoms in total. The molecule has 1 amide bonds. The lowest BCUT2D eigenvalue weighted by Crippen LogP contribution is -2.08. The first-order valence-corrected chi connectivity index (χ1v) is 5.88. The Bertz CT molecular complexity index is 178. The number of ether oxygens (including phenoxy) is 1. The minimum absolute atomic E-state index is 0.745. The summed E-state index contributed by atoms with van der Waals surface area (Å²) in [4.78, 5) is 10.2. The smallest absolute Gasteiger partial charge is 0.409 e. The number of nitrogens with two attached hydrogens (primary N) is 1. The summed E-state index contributed by atoms with van der Waals surface area (Å²) in [5, 5.41) is 0. The van der Waals surface area contributed by atoms with Gasteiger partial charge in [-0.3, -0.25) is 0 Å². The monoisotopic (exact) mass is 213 g/mol. The lowest BCUT2D eigenvalue weighted by Gasteiger charge is -1.98. The molecule has 0 aromatic heterocycles. The van der Waals surface area contributed by atoms with Crippen molar-refractivity contribution >= 4 is 6.09 Å². The van der Waals surface area contributed by atoms with E-state index in [4.69, 9.17) is 5.73 Å². The summed E-state index contributed by atoms with van der Waals surface area (Å²) in [6, 6.07) is 0. The number of unbranched alkanes of at least 4 members (excludes halogenated alkanes) is 7. The number of primary amides is 1. The first kappa shape index (κ1) is 14.0. The standard InChI is InChI=1S/C12H23NO2/c1-2-3-4-5-6-7-8-9-10-11-15-12(13)14/h10-11H,2-9H2,1H3,(H2,13,14). The second-order valence-electron chi connectivity index (χ2n) is 3.72. The zero-order chi connectivity index (χ0) is 11.4. The molecule has 0 aliphatic heterocycles. The second-order valence-corrected chi connectivity index (χ2v) is 3.72. The summed E-state index contributed by atoms with van der Waals surface area (Å²) >= 11 is 0. The van der Waals surface area contributed by atoms with Gasteiger partial charge >= 0.3 is 6.09 Å². The van der Waals surface area contributed by atoms with Crippen molar-refractivity contribution < 1.29 is 9.53 Å². The molecule has 0 fully saturated rings. The van der Waals surface area contributed by atoms with E-state index in [1.54, 1.807) is 0 Å². The predicted molar refractivity (Wildman–Crippen MR) is 62.4 cm³/mol. The molecule has 0 radical (unpaired) electrons. The fourth-order valence-electron chi connectivity index (χ4n) is 1.40. The zero-order valence-electron chi connectivity index (χ0n) is 9.71. The van der Waals surface area contributed by atoms with Gasteiger partial charge in [-0.05, 0) is 18.9 Å². The van der Waals surface area contributed by atoms with Crippen molar-refractivity contribution in [3.63, 3.8) is 0 Å². The van der Waals surface area contributed by atoms with Crippen molar-refractivity contribution in [1.29, 1.82) is 0 Å². The number of carbonyl (C=O) groups excluding carboxylic acids is 1. The predicted octanol–water partition coefficient (Wildman–Crippen LogP) is 3.74. The van der Waals surface area contributed by atoms with Gasteiger partial charge < -0.3 is 10.5 Å². The van der Waals surface area contributed by atoms with Crippen molar-refractivity contribution in [3.8, 4) is 0 Å². The lowest BCUT2D eigenvalue weighted by atomic mass is 10.1. The molecular weight excluding hydrogens is 190 g/mol. The van der Waals surface area contributed by atoms with Crippen LogP contribution in [0, 0.1) is 0 Å². The van der Waals surface area contributed by atoms with Crippen LogP contribution in [0.3, 0.4) is 0 Å². The van der Waals surface area contributed by atoms with E-state index in [1.807, 2.05) is 6.08 Å². The Labute approximate surface area is 92.7 Å². The largest absolute Gasteiger partial charge is 0.419 e. The molecular formula is C12H23NO2. The Balaban J connectivity index is 3.04. The third kappa shape index (κ3) is 13.0. The topological polar surface area (TPSA) is 52.3 Å². The van der Waals surface area contributed by atoms with Crippen molar-refractivity contribution in [1.82, 2.24) is 0 Å². The summed E-state index contributed by atoms with van der Waals surface area (Å²) in [5.74, 6) is 0. The minimum atomic E-state index is -0.745. The molecule has 0 aliphatic carbocycles. The quantitative estimate of drug-likeness (QED) is 0.468. The molecule has 0 spiro atoms. The first-order valence-electron chi connectivity index (χ1n) is 5.88. The Morgan fingerprint density at radius 2 is 1.73 bits per heavy atom. The van der Waals surface area contributed by atoms with E-state index < -0.39 is 6.09 Å². The van der Waals surface area contributed by atoms with E-state index in [0.717, 1.165) is 12.8 Å². The molecule has 0 aromatic rings. The third-order valence-electron chi connectivity index (χ3n) is 2.25. The van der Waals surface area contributed by atoms with Crippen LogP contribution in [-0.2, 0) is 4.74 Å². The minimum Gasteiger partial charge on any atom is -0.419 e. The molecule has 0 heterocycles. The van der Waals surface area contributed by atoms with E-state index in [-0.39, 0.29) is 0 Å². The van der Waals surface area contributed by atoms with Gasteiger partial charge in [0.1, 0.15) is 0 Å². The highest BCUT2D eigenvalue weighted by molar-refractivity contribution is 5.65. The van der Waals surface area contributed by atoms with E-state index in [2.05, 4.69) is 11.7 Å². The van der Waals surface area contributed by atoms with Gasteiger partial charge in [0.25, 0.3) is 0 Å². The van der Waals surface area contributed by atoms with Crippen molar-refractivity contribution in [2.45, 2.75) is 58.3 Å². The van der Waals surface area contributed by atoms with Gasteiger partial charge in [-0.2, -0.15) is 0 Å². The number of carbonyl (C=O) groups is 1. The fourth-order valence-corrected chi connectivity index (χ4v) is 1.40. The van der Waals surface area contributed by atoms with Crippen LogP contribution in [0.4, 0.5) is 4.79 Å². The molecule has 0 atom stereocenters. The molecule has 2 N–H and O–H groups in total. The maximum Gasteiger partial charge on any atom is 0.409 e. The van der Waals surface area contributed by atoms with Crippen LogP contribution in [0.1, 0.15) is 58.3 Å². The Morgan fingerprint density at radius 1 is 1.13 bits per heavy atom. The zero-order valence-corrected chi connectivity index (χ0v) is 9.71. The van der Waals surface area contributed by atoms with Crippen molar-refractivity contribution in [3.05, 3.63) is 12.3 Å². The Hall–Kier alpha value is -0.990. The molecule has 0 bridgehead atoms. The van der Waals surface area contributed by atoms with E-state index in [1.165, 1.54) is 44.8 Å². The second kappa shape index (κ2) is 11.1. The van der Waals surface area contributed by atoms with Crippen LogP contribution >= 0.6 is 0 Å². The third-order valence-corrected chi connectivity index (χ3v) is 2.25. The first-order chi connectivity index (χ1) is 7.27. The molecule has 0 unspecified atom stereocenters. The highest BCUT2D eigenvalue weighted by Crippen LogP contribution is 2.08. The molecule has 88 valence electrons. The van der Waals surface area contributed by atoms with E-state index in [0.29, 0.717) is 0 Å². The lowest BCUT2D eigenvalue weighted by molar-refractivity contribution is 0.196. The highest BCUT2D eigenvalue weighted by atomic mass is 16.5. The van der Waals surface area contributed by atoms with Crippen molar-refractivity contribution in [2.75, 3.05) is 0 Å². The van der Waals surface area contributed by atoms with Gasteiger partial charge in [-0.1, -0.05) is 45.4 Å². The molecule has 0 saturated carbocycles. The SMILES string of the molecule is CCCCCCCCCC=COC(N)=O. The van der Waals surface area contributed by atoms with Gasteiger partial charge in [0, 0.05) is 0 Å². The number of amides is 1. The van der Waals surface area contributed by atoms with E-state index in [9.17, 15) is 4.79 Å². The Kier molecular flexibility index (Phi) is 10.4. The summed E-state index contributed by atoms with van der Waals surface area (Å²) in [6.45, 7) is 2.23. The summed E-state index contributed by atoms with van der Waals surface area (Å²) in [5.41, 5.74) is 4.79. The maximum absolute atomic E-state index is 10.2. The number of hydrogen-bond donors (Lipinski definition) is 1. The van der Waals surface area contributed by atoms with Gasteiger partial charge in [-0.15, -0.1) is 0 Å². The number of hydrogen-bond acceptors (Lipinski definition) is 2. The average Bonchev–Trinajstić information content (AvgIpc) is 2.20. The van der Waals surface area contributed by atoms with Gasteiger partial charge in [0.2, 0.25) is 0 Å². The fraction of sp³-hybridized carbons (Fsp3) is 0.750. The number of rotatable bonds is 9. The van der Waals surface area contributed by atoms with Gasteiger partial charge in [0.15, 0.2) is 0 Å². The van der Waals surface area contributed by atoms with Crippen molar-refractivity contribution in [2.24, 2.45) is 5.73 Å². The normalized spacial score (nSPS) is 10.7. The average molecular weight is 213 g/mol. The summed E-state index contributed by atoms with van der Waals surface area (Å²) in [7, 11) is 0. The van der Waals surface area contributed by atoms with Gasteiger partial charge in [-0.25, -0.2) is 4.79 Å². The summed E-state index contributed by atoms with van der Waals surface area (Å²) in [6.07, 6.45) is 12.5. The molecule has 0 saturated heterocycles. The maximum atomic E-state index is 10.2. The highest BCUT2D eigenvalue weighted by Gasteiger charge is 1.90.